The molecule has 0 saturated carbocycles. The van der Waals surface area contributed by atoms with Crippen LogP contribution in [0.2, 0.25) is 0 Å². The van der Waals surface area contributed by atoms with Gasteiger partial charge in [0.15, 0.2) is 0 Å². The Balaban J connectivity index is 1.03. The topological polar surface area (TPSA) is 15.3 Å². The molecule has 10 aromatic carbocycles. The van der Waals surface area contributed by atoms with Gasteiger partial charge in [-0.2, -0.15) is 0 Å². The molecular weight excluding hydrogens is 881 g/mol. The van der Waals surface area contributed by atoms with Crippen LogP contribution in [0.25, 0.3) is 94.0 Å². The summed E-state index contributed by atoms with van der Waals surface area (Å²) in [4.78, 5) is 2.45. The smallest absolute Gasteiger partial charge is 0.0692 e. The zero-order chi connectivity index (χ0) is 48.7. The first-order valence-electron chi connectivity index (χ1n) is 25.7. The largest absolute Gasteiger partial charge is 0.358 e. The van der Waals surface area contributed by atoms with Gasteiger partial charge in [0, 0.05) is 29.1 Å². The first-order chi connectivity index (χ1) is 36.1. The molecule has 2 unspecified atom stereocenters. The minimum atomic E-state index is 0.290. The molecule has 2 aliphatic carbocycles. The molecule has 0 saturated heterocycles. The third-order valence-corrected chi connectivity index (χ3v) is 15.0. The summed E-state index contributed by atoms with van der Waals surface area (Å²) in [7, 11) is 0. The van der Waals surface area contributed by atoms with E-state index in [4.69, 9.17) is 0 Å². The highest BCUT2D eigenvalue weighted by Crippen LogP contribution is 2.48. The Labute approximate surface area is 429 Å². The van der Waals surface area contributed by atoms with Crippen molar-refractivity contribution in [1.82, 2.24) is 5.32 Å². The summed E-state index contributed by atoms with van der Waals surface area (Å²) in [6.07, 6.45) is 17.7. The summed E-state index contributed by atoms with van der Waals surface area (Å²) in [6.45, 7) is 2.30. The molecule has 348 valence electrons. The summed E-state index contributed by atoms with van der Waals surface area (Å²) in [6, 6.07) is 83.3. The van der Waals surface area contributed by atoms with Crippen LogP contribution in [0.15, 0.2) is 279 Å². The zero-order valence-electron chi connectivity index (χ0n) is 40.9. The monoisotopic (exact) mass is 934 g/mol. The van der Waals surface area contributed by atoms with Crippen molar-refractivity contribution < 1.29 is 0 Å². The van der Waals surface area contributed by atoms with Gasteiger partial charge in [0.25, 0.3) is 0 Å². The van der Waals surface area contributed by atoms with Crippen molar-refractivity contribution in [2.75, 3.05) is 4.90 Å². The van der Waals surface area contributed by atoms with Crippen molar-refractivity contribution in [3.05, 3.63) is 290 Å². The standard InChI is InChI=1S/C71H54N2/c1-48-31-38-67-68(39-48)73(62-27-15-6-16-28-62)69(47-72-67)54-34-32-53(33-35-54)55-36-37-65-66(46-55)71(61-44-58(51-23-11-4-12-24-51)41-59(45-61)52-25-13-5-14-26-52)64-30-18-17-29-63(64)70(65)60-42-56(49-19-7-2-8-20-49)40-57(43-60)50-21-9-3-10-22-50/h2-21,23-38,40-48,50,72H,22,39H2,1H3. The number of nitrogens with one attached hydrogen (secondary N) is 1. The molecule has 1 aliphatic heterocycles. The van der Waals surface area contributed by atoms with E-state index < -0.39 is 0 Å². The Morgan fingerprint density at radius 1 is 0.411 bits per heavy atom. The van der Waals surface area contributed by atoms with Crippen LogP contribution < -0.4 is 10.2 Å². The maximum Gasteiger partial charge on any atom is 0.0692 e. The SMILES string of the molecule is CC1C=CC2=C(C1)N(c1ccccc1)C(c1ccc(-c3ccc4c(-c5cc(-c6ccccc6)cc(C6C=CC=CC6)c5)c5ccccc5c(-c5cc(-c6ccccc6)cc(-c6ccccc6)c5)c4c3)cc1)=CN2. The summed E-state index contributed by atoms with van der Waals surface area (Å²) in [5.74, 6) is 0.744. The number of rotatable bonds is 9. The van der Waals surface area contributed by atoms with E-state index in [1.165, 1.54) is 105 Å². The number of hydrogen-bond acceptors (Lipinski definition) is 2. The molecule has 0 amide bonds. The molecule has 2 atom stereocenters. The van der Waals surface area contributed by atoms with Crippen molar-refractivity contribution in [3.63, 3.8) is 0 Å². The van der Waals surface area contributed by atoms with Crippen LogP contribution in [0.1, 0.15) is 36.8 Å². The molecule has 2 nitrogen and oxygen atoms in total. The second-order valence-corrected chi connectivity index (χ2v) is 19.8. The predicted octanol–water partition coefficient (Wildman–Crippen LogP) is 18.8. The molecule has 10 aromatic rings. The predicted molar refractivity (Wildman–Crippen MR) is 310 cm³/mol. The van der Waals surface area contributed by atoms with Crippen LogP contribution in [-0.4, -0.2) is 0 Å². The van der Waals surface area contributed by atoms with E-state index in [9.17, 15) is 0 Å². The minimum absolute atomic E-state index is 0.290. The highest BCUT2D eigenvalue weighted by atomic mass is 15.2. The van der Waals surface area contributed by atoms with Gasteiger partial charge in [-0.3, -0.25) is 0 Å². The number of anilines is 1. The molecule has 1 heterocycles. The fourth-order valence-electron chi connectivity index (χ4n) is 11.4. The van der Waals surface area contributed by atoms with E-state index in [-0.39, 0.29) is 5.92 Å². The van der Waals surface area contributed by atoms with Crippen LogP contribution >= 0.6 is 0 Å². The van der Waals surface area contributed by atoms with E-state index in [1.54, 1.807) is 0 Å². The van der Waals surface area contributed by atoms with Gasteiger partial charge >= 0.3 is 0 Å². The lowest BCUT2D eigenvalue weighted by atomic mass is 9.81. The minimum Gasteiger partial charge on any atom is -0.358 e. The Kier molecular flexibility index (Phi) is 11.4. The van der Waals surface area contributed by atoms with Crippen LogP contribution in [0.3, 0.4) is 0 Å². The van der Waals surface area contributed by atoms with Gasteiger partial charge in [-0.15, -0.1) is 0 Å². The van der Waals surface area contributed by atoms with E-state index >= 15 is 0 Å². The van der Waals surface area contributed by atoms with Crippen molar-refractivity contribution in [2.45, 2.75) is 25.7 Å². The van der Waals surface area contributed by atoms with Crippen LogP contribution in [0.5, 0.6) is 0 Å². The number of fused-ring (bicyclic) bond motifs is 2. The van der Waals surface area contributed by atoms with Gasteiger partial charge in [0.2, 0.25) is 0 Å². The van der Waals surface area contributed by atoms with E-state index in [0.717, 1.165) is 29.8 Å². The number of nitrogens with zero attached hydrogens (tertiary/aromatic N) is 1. The highest BCUT2D eigenvalue weighted by Gasteiger charge is 2.28. The molecule has 0 aromatic heterocycles. The van der Waals surface area contributed by atoms with Gasteiger partial charge in [0.1, 0.15) is 0 Å². The fourth-order valence-corrected chi connectivity index (χ4v) is 11.4. The molecule has 1 N–H and O–H groups in total. The second-order valence-electron chi connectivity index (χ2n) is 19.8. The fraction of sp³-hybridized carbons (Fsp3) is 0.0704. The molecule has 73 heavy (non-hydrogen) atoms. The van der Waals surface area contributed by atoms with Crippen LogP contribution in [0.4, 0.5) is 5.69 Å². The van der Waals surface area contributed by atoms with E-state index in [1.807, 2.05) is 0 Å². The first-order valence-corrected chi connectivity index (χ1v) is 25.7. The summed E-state index contributed by atoms with van der Waals surface area (Å²) >= 11 is 0. The Morgan fingerprint density at radius 3 is 1.52 bits per heavy atom. The molecule has 0 radical (unpaired) electrons. The van der Waals surface area contributed by atoms with Crippen LogP contribution in [-0.2, 0) is 0 Å². The van der Waals surface area contributed by atoms with Crippen molar-refractivity contribution in [3.8, 4) is 66.8 Å². The zero-order valence-corrected chi connectivity index (χ0v) is 40.9. The average Bonchev–Trinajstić information content (AvgIpc) is 3.47. The third-order valence-electron chi connectivity index (χ3n) is 15.0. The molecule has 13 rings (SSSR count). The van der Waals surface area contributed by atoms with Crippen molar-refractivity contribution in [1.29, 1.82) is 0 Å². The molecule has 0 spiro atoms. The van der Waals surface area contributed by atoms with Gasteiger partial charge < -0.3 is 10.2 Å². The molecule has 0 bridgehead atoms. The molecular formula is C71H54N2. The summed E-state index contributed by atoms with van der Waals surface area (Å²) < 4.78 is 0. The van der Waals surface area contributed by atoms with E-state index in [2.05, 4.69) is 284 Å². The lowest BCUT2D eigenvalue weighted by Gasteiger charge is -2.37. The number of hydrogen-bond donors (Lipinski definition) is 1. The summed E-state index contributed by atoms with van der Waals surface area (Å²) in [5, 5.41) is 8.58. The Morgan fingerprint density at radius 2 is 0.904 bits per heavy atom. The van der Waals surface area contributed by atoms with Crippen molar-refractivity contribution in [2.24, 2.45) is 5.92 Å². The van der Waals surface area contributed by atoms with Gasteiger partial charge in [0.05, 0.1) is 11.4 Å². The molecule has 3 aliphatic rings. The maximum absolute atomic E-state index is 3.66. The molecule has 0 fully saturated rings. The van der Waals surface area contributed by atoms with Crippen LogP contribution in [0, 0.1) is 5.92 Å². The van der Waals surface area contributed by atoms with E-state index in [0.29, 0.717) is 5.92 Å². The Bertz CT molecular complexity index is 3800. The van der Waals surface area contributed by atoms with Crippen molar-refractivity contribution >= 4 is 32.9 Å². The average molecular weight is 935 g/mol. The third kappa shape index (κ3) is 8.41. The first kappa shape index (κ1) is 44.0. The Hall–Kier alpha value is -8.98. The number of benzene rings is 10. The normalized spacial score (nSPS) is 16.1. The summed E-state index contributed by atoms with van der Waals surface area (Å²) in [5.41, 5.74) is 21.7. The lowest BCUT2D eigenvalue weighted by molar-refractivity contribution is 0.676. The lowest BCUT2D eigenvalue weighted by Crippen LogP contribution is -2.32. The van der Waals surface area contributed by atoms with Gasteiger partial charge in [-0.1, -0.05) is 219 Å². The van der Waals surface area contributed by atoms with Gasteiger partial charge in [-0.05, 0) is 161 Å². The maximum atomic E-state index is 3.66. The number of para-hydroxylation sites is 1. The highest BCUT2D eigenvalue weighted by molar-refractivity contribution is 6.22. The number of allylic oxidation sites excluding steroid dienone is 7. The molecule has 2 heteroatoms. The second kappa shape index (κ2) is 19.0. The quantitative estimate of drug-likeness (QED) is 0.145. The van der Waals surface area contributed by atoms with Gasteiger partial charge in [-0.25, -0.2) is 0 Å².